The fourth-order valence-corrected chi connectivity index (χ4v) is 3.76. The summed E-state index contributed by atoms with van der Waals surface area (Å²) in [6.45, 7) is 2.30. The van der Waals surface area contributed by atoms with Crippen molar-refractivity contribution >= 4 is 0 Å². The van der Waals surface area contributed by atoms with Crippen LogP contribution in [0.25, 0.3) is 0 Å². The third-order valence-electron chi connectivity index (χ3n) is 4.85. The molecule has 2 N–H and O–H groups in total. The van der Waals surface area contributed by atoms with E-state index < -0.39 is 0 Å². The number of likely N-dealkylation sites (tertiary alicyclic amines) is 1. The molecule has 104 valence electrons. The molecule has 2 unspecified atom stereocenters. The number of nitrogens with zero attached hydrogens (tertiary/aromatic N) is 1. The lowest BCUT2D eigenvalue weighted by Gasteiger charge is -2.31. The van der Waals surface area contributed by atoms with Crippen LogP contribution in [0.2, 0.25) is 0 Å². The third-order valence-corrected chi connectivity index (χ3v) is 4.85. The molecule has 2 nitrogen and oxygen atoms in total. The van der Waals surface area contributed by atoms with Crippen LogP contribution in [-0.2, 0) is 13.1 Å². The summed E-state index contributed by atoms with van der Waals surface area (Å²) >= 11 is 0. The SMILES string of the molecule is NCc1ccc(CN2CCC3CCCCC32)c(F)c1. The van der Waals surface area contributed by atoms with E-state index in [2.05, 4.69) is 4.90 Å². The summed E-state index contributed by atoms with van der Waals surface area (Å²) in [5.74, 6) is 0.766. The fourth-order valence-electron chi connectivity index (χ4n) is 3.76. The van der Waals surface area contributed by atoms with E-state index in [0.29, 0.717) is 12.6 Å². The first-order valence-electron chi connectivity index (χ1n) is 7.49. The van der Waals surface area contributed by atoms with Crippen LogP contribution < -0.4 is 5.73 Å². The Morgan fingerprint density at radius 1 is 1.21 bits per heavy atom. The van der Waals surface area contributed by atoms with E-state index in [9.17, 15) is 4.39 Å². The van der Waals surface area contributed by atoms with E-state index in [1.807, 2.05) is 12.1 Å². The van der Waals surface area contributed by atoms with Crippen LogP contribution in [0, 0.1) is 11.7 Å². The van der Waals surface area contributed by atoms with Gasteiger partial charge in [-0.15, -0.1) is 0 Å². The zero-order valence-electron chi connectivity index (χ0n) is 11.4. The smallest absolute Gasteiger partial charge is 0.128 e. The van der Waals surface area contributed by atoms with Gasteiger partial charge < -0.3 is 5.73 Å². The molecule has 2 atom stereocenters. The van der Waals surface area contributed by atoms with Gasteiger partial charge in [-0.25, -0.2) is 4.39 Å². The minimum Gasteiger partial charge on any atom is -0.326 e. The Balaban J connectivity index is 1.71. The van der Waals surface area contributed by atoms with Gasteiger partial charge in [-0.3, -0.25) is 4.90 Å². The minimum absolute atomic E-state index is 0.0952. The van der Waals surface area contributed by atoms with Gasteiger partial charge in [0, 0.05) is 24.7 Å². The number of fused-ring (bicyclic) bond motifs is 1. The molecule has 1 aliphatic heterocycles. The van der Waals surface area contributed by atoms with E-state index in [1.165, 1.54) is 32.1 Å². The highest BCUT2D eigenvalue weighted by Crippen LogP contribution is 2.37. The second-order valence-electron chi connectivity index (χ2n) is 6.00. The Morgan fingerprint density at radius 2 is 2.05 bits per heavy atom. The average Bonchev–Trinajstić information content (AvgIpc) is 2.84. The molecule has 2 fully saturated rings. The maximum Gasteiger partial charge on any atom is 0.128 e. The normalized spacial score (nSPS) is 27.5. The Bertz CT molecular complexity index is 446. The maximum atomic E-state index is 14.0. The maximum absolute atomic E-state index is 14.0. The van der Waals surface area contributed by atoms with Gasteiger partial charge in [0.05, 0.1) is 0 Å². The second-order valence-corrected chi connectivity index (χ2v) is 6.00. The highest BCUT2D eigenvalue weighted by molar-refractivity contribution is 5.24. The molecule has 3 rings (SSSR count). The first-order valence-corrected chi connectivity index (χ1v) is 7.49. The van der Waals surface area contributed by atoms with Crippen LogP contribution >= 0.6 is 0 Å². The average molecular weight is 262 g/mol. The predicted octanol–water partition coefficient (Wildman–Crippen LogP) is 3.05. The van der Waals surface area contributed by atoms with Gasteiger partial charge in [0.25, 0.3) is 0 Å². The fraction of sp³-hybridized carbons (Fsp3) is 0.625. The van der Waals surface area contributed by atoms with Gasteiger partial charge in [0.2, 0.25) is 0 Å². The first kappa shape index (κ1) is 13.1. The molecule has 1 saturated carbocycles. The molecule has 0 aromatic heterocycles. The molecule has 19 heavy (non-hydrogen) atoms. The zero-order chi connectivity index (χ0) is 13.2. The van der Waals surface area contributed by atoms with E-state index >= 15 is 0 Å². The molecular weight excluding hydrogens is 239 g/mol. The van der Waals surface area contributed by atoms with Crippen molar-refractivity contribution in [2.75, 3.05) is 6.54 Å². The monoisotopic (exact) mass is 262 g/mol. The topological polar surface area (TPSA) is 29.3 Å². The molecule has 1 heterocycles. The van der Waals surface area contributed by atoms with Gasteiger partial charge in [0.1, 0.15) is 5.82 Å². The van der Waals surface area contributed by atoms with Crippen molar-refractivity contribution in [2.24, 2.45) is 11.7 Å². The van der Waals surface area contributed by atoms with Crippen LogP contribution in [-0.4, -0.2) is 17.5 Å². The van der Waals surface area contributed by atoms with E-state index in [0.717, 1.165) is 30.1 Å². The highest BCUT2D eigenvalue weighted by atomic mass is 19.1. The summed E-state index contributed by atoms with van der Waals surface area (Å²) < 4.78 is 14.0. The summed E-state index contributed by atoms with van der Waals surface area (Å²) in [5.41, 5.74) is 7.24. The molecule has 1 saturated heterocycles. The number of halogens is 1. The second kappa shape index (κ2) is 5.59. The third kappa shape index (κ3) is 2.67. The van der Waals surface area contributed by atoms with E-state index in [4.69, 9.17) is 5.73 Å². The Kier molecular flexibility index (Phi) is 3.85. The minimum atomic E-state index is -0.0952. The molecule has 3 heteroatoms. The van der Waals surface area contributed by atoms with Crippen molar-refractivity contribution in [3.63, 3.8) is 0 Å². The lowest BCUT2D eigenvalue weighted by molar-refractivity contribution is 0.174. The molecule has 0 amide bonds. The summed E-state index contributed by atoms with van der Waals surface area (Å²) in [6, 6.07) is 6.15. The van der Waals surface area contributed by atoms with Gasteiger partial charge in [-0.2, -0.15) is 0 Å². The molecular formula is C16H23FN2. The largest absolute Gasteiger partial charge is 0.326 e. The summed E-state index contributed by atoms with van der Waals surface area (Å²) in [6.07, 6.45) is 6.69. The van der Waals surface area contributed by atoms with E-state index in [1.54, 1.807) is 6.07 Å². The van der Waals surface area contributed by atoms with Crippen LogP contribution in [0.15, 0.2) is 18.2 Å². The van der Waals surface area contributed by atoms with E-state index in [-0.39, 0.29) is 5.82 Å². The zero-order valence-corrected chi connectivity index (χ0v) is 11.4. The first-order chi connectivity index (χ1) is 9.28. The van der Waals surface area contributed by atoms with Crippen molar-refractivity contribution < 1.29 is 4.39 Å². The molecule has 1 aromatic rings. The van der Waals surface area contributed by atoms with Crippen LogP contribution in [0.3, 0.4) is 0 Å². The van der Waals surface area contributed by atoms with Crippen molar-refractivity contribution in [2.45, 2.75) is 51.2 Å². The van der Waals surface area contributed by atoms with Gasteiger partial charge in [-0.05, 0) is 43.4 Å². The van der Waals surface area contributed by atoms with Crippen LogP contribution in [0.5, 0.6) is 0 Å². The molecule has 1 aliphatic carbocycles. The Labute approximate surface area is 114 Å². The molecule has 0 radical (unpaired) electrons. The molecule has 0 bridgehead atoms. The van der Waals surface area contributed by atoms with Gasteiger partial charge >= 0.3 is 0 Å². The van der Waals surface area contributed by atoms with Crippen LogP contribution in [0.1, 0.15) is 43.2 Å². The molecule has 2 aliphatic rings. The molecule has 0 spiro atoms. The number of hydrogen-bond acceptors (Lipinski definition) is 2. The van der Waals surface area contributed by atoms with Crippen LogP contribution in [0.4, 0.5) is 4.39 Å². The quantitative estimate of drug-likeness (QED) is 0.907. The number of nitrogens with two attached hydrogens (primary N) is 1. The summed E-state index contributed by atoms with van der Waals surface area (Å²) in [5, 5.41) is 0. The Morgan fingerprint density at radius 3 is 2.84 bits per heavy atom. The highest BCUT2D eigenvalue weighted by Gasteiger charge is 2.35. The molecule has 1 aromatic carbocycles. The van der Waals surface area contributed by atoms with Crippen molar-refractivity contribution in [1.29, 1.82) is 0 Å². The van der Waals surface area contributed by atoms with Crippen molar-refractivity contribution in [3.8, 4) is 0 Å². The number of hydrogen-bond donors (Lipinski definition) is 1. The summed E-state index contributed by atoms with van der Waals surface area (Å²) in [4.78, 5) is 2.49. The summed E-state index contributed by atoms with van der Waals surface area (Å²) in [7, 11) is 0. The predicted molar refractivity (Wildman–Crippen MR) is 75.1 cm³/mol. The lowest BCUT2D eigenvalue weighted by atomic mass is 9.85. The Hall–Kier alpha value is -0.930. The van der Waals surface area contributed by atoms with Crippen molar-refractivity contribution in [3.05, 3.63) is 35.1 Å². The van der Waals surface area contributed by atoms with Gasteiger partial charge in [-0.1, -0.05) is 25.0 Å². The van der Waals surface area contributed by atoms with Gasteiger partial charge in [0.15, 0.2) is 0 Å². The lowest BCUT2D eigenvalue weighted by Crippen LogP contribution is -2.34. The standard InChI is InChI=1S/C16H23FN2/c17-15-9-12(10-18)5-6-14(15)11-19-8-7-13-3-1-2-4-16(13)19/h5-6,9,13,16H,1-4,7-8,10-11,18H2. The number of rotatable bonds is 3. The number of benzene rings is 1. The van der Waals surface area contributed by atoms with Crippen molar-refractivity contribution in [1.82, 2.24) is 4.90 Å².